The predicted octanol–water partition coefficient (Wildman–Crippen LogP) is 5.94. The summed E-state index contributed by atoms with van der Waals surface area (Å²) in [5.74, 6) is -0.00294. The number of furan rings is 1. The van der Waals surface area contributed by atoms with Gasteiger partial charge in [-0.15, -0.1) is 0 Å². The Morgan fingerprint density at radius 2 is 1.76 bits per heavy atom. The molecule has 0 saturated heterocycles. The molecule has 0 aliphatic heterocycles. The van der Waals surface area contributed by atoms with Crippen molar-refractivity contribution in [1.29, 1.82) is 0 Å². The number of hydrogen-bond acceptors (Lipinski definition) is 11. The third-order valence-electron chi connectivity index (χ3n) is 8.35. The number of fused-ring (bicyclic) bond motifs is 1. The number of hydrogen-bond donors (Lipinski definition) is 3. The number of carboxylic acids is 1. The first-order valence-electron chi connectivity index (χ1n) is 16.4. The number of anilines is 1. The molecular weight excluding hydrogens is 660 g/mol. The second-order valence-corrected chi connectivity index (χ2v) is 14.4. The van der Waals surface area contributed by atoms with Crippen molar-refractivity contribution in [3.05, 3.63) is 88.4 Å². The first-order chi connectivity index (χ1) is 23.9. The van der Waals surface area contributed by atoms with E-state index in [9.17, 15) is 18.3 Å². The van der Waals surface area contributed by atoms with Gasteiger partial charge in [-0.1, -0.05) is 24.3 Å². The molecule has 1 saturated carbocycles. The number of rotatable bonds is 15. The standard InChI is InChI=1S/C36H40N6O7S/c1-20(2)47-18-27(37-16-26-17-38-34-33(39-26)32(23(5)49-34)24-12-13-24)19-48-30-15-29(31-21(3)8-6-9-22(31)4)40-36(41-30)42-50(45,46)28-11-7-10-25(14-28)35(43)44/h6-11,14-15,17,20,24,27,37H,12-13,16,18-19H2,1-5H3,(H,43,44)(H,40,41,42). The van der Waals surface area contributed by atoms with Crippen molar-refractivity contribution >= 4 is 33.2 Å². The van der Waals surface area contributed by atoms with E-state index in [4.69, 9.17) is 18.9 Å². The van der Waals surface area contributed by atoms with Crippen LogP contribution in [0.3, 0.4) is 0 Å². The molecule has 1 aliphatic carbocycles. The van der Waals surface area contributed by atoms with Gasteiger partial charge in [0, 0.05) is 23.7 Å². The van der Waals surface area contributed by atoms with Gasteiger partial charge in [-0.25, -0.2) is 32.9 Å². The summed E-state index contributed by atoms with van der Waals surface area (Å²) < 4.78 is 47.2. The van der Waals surface area contributed by atoms with Crippen LogP contribution in [0.1, 0.15) is 71.1 Å². The summed E-state index contributed by atoms with van der Waals surface area (Å²) in [6.07, 6.45) is 3.92. The fourth-order valence-corrected chi connectivity index (χ4v) is 6.73. The second-order valence-electron chi connectivity index (χ2n) is 12.8. The van der Waals surface area contributed by atoms with E-state index < -0.39 is 16.0 Å². The zero-order valence-corrected chi connectivity index (χ0v) is 29.4. The molecule has 0 radical (unpaired) electrons. The monoisotopic (exact) mass is 700 g/mol. The van der Waals surface area contributed by atoms with E-state index in [1.807, 2.05) is 52.8 Å². The van der Waals surface area contributed by atoms with Crippen molar-refractivity contribution in [1.82, 2.24) is 25.3 Å². The third-order valence-corrected chi connectivity index (χ3v) is 9.68. The van der Waals surface area contributed by atoms with Gasteiger partial charge in [-0.3, -0.25) is 0 Å². The van der Waals surface area contributed by atoms with Crippen LogP contribution in [-0.4, -0.2) is 64.8 Å². The number of nitrogens with zero attached hydrogens (tertiary/aromatic N) is 4. The quantitative estimate of drug-likeness (QED) is 0.117. The van der Waals surface area contributed by atoms with Crippen LogP contribution in [0, 0.1) is 20.8 Å². The fourth-order valence-electron chi connectivity index (χ4n) is 5.75. The summed E-state index contributed by atoms with van der Waals surface area (Å²) in [5.41, 5.74) is 6.19. The highest BCUT2D eigenvalue weighted by molar-refractivity contribution is 7.92. The van der Waals surface area contributed by atoms with Crippen LogP contribution in [0.2, 0.25) is 0 Å². The lowest BCUT2D eigenvalue weighted by Gasteiger charge is -2.21. The summed E-state index contributed by atoms with van der Waals surface area (Å²) in [6.45, 7) is 10.6. The van der Waals surface area contributed by atoms with Gasteiger partial charge < -0.3 is 24.3 Å². The van der Waals surface area contributed by atoms with Crippen LogP contribution >= 0.6 is 0 Å². The zero-order valence-electron chi connectivity index (χ0n) is 28.6. The van der Waals surface area contributed by atoms with E-state index in [1.165, 1.54) is 18.2 Å². The van der Waals surface area contributed by atoms with E-state index >= 15 is 0 Å². The first kappa shape index (κ1) is 34.9. The predicted molar refractivity (Wildman–Crippen MR) is 187 cm³/mol. The Balaban J connectivity index is 1.26. The molecule has 3 N–H and O–H groups in total. The van der Waals surface area contributed by atoms with E-state index in [-0.39, 0.29) is 41.0 Å². The van der Waals surface area contributed by atoms with Gasteiger partial charge in [0.15, 0.2) is 0 Å². The van der Waals surface area contributed by atoms with Crippen molar-refractivity contribution in [3.8, 4) is 17.1 Å². The van der Waals surface area contributed by atoms with Gasteiger partial charge in [0.05, 0.1) is 46.8 Å². The van der Waals surface area contributed by atoms with Gasteiger partial charge in [0.1, 0.15) is 17.9 Å². The van der Waals surface area contributed by atoms with Crippen LogP contribution in [0.25, 0.3) is 22.5 Å². The molecule has 5 aromatic rings. The fraction of sp³-hybridized carbons (Fsp3) is 0.361. The molecule has 1 atom stereocenters. The highest BCUT2D eigenvalue weighted by Gasteiger charge is 2.31. The maximum atomic E-state index is 13.4. The summed E-state index contributed by atoms with van der Waals surface area (Å²) >= 11 is 0. The van der Waals surface area contributed by atoms with Gasteiger partial charge >= 0.3 is 5.97 Å². The number of aromatic nitrogens is 4. The van der Waals surface area contributed by atoms with E-state index in [0.717, 1.165) is 58.1 Å². The molecule has 1 aliphatic rings. The average Bonchev–Trinajstić information content (AvgIpc) is 3.85. The maximum absolute atomic E-state index is 13.4. The van der Waals surface area contributed by atoms with E-state index in [2.05, 4.69) is 25.0 Å². The SMILES string of the molecule is Cc1cccc(C)c1-c1cc(OCC(COC(C)C)NCc2cnc3oc(C)c(C4CC4)c3n2)nc(NS(=O)(=O)c2cccc(C(=O)O)c2)n1. The molecule has 6 rings (SSSR count). The van der Waals surface area contributed by atoms with E-state index in [1.54, 1.807) is 12.3 Å². The van der Waals surface area contributed by atoms with Gasteiger partial charge in [-0.2, -0.15) is 4.98 Å². The number of carbonyl (C=O) groups is 1. The zero-order chi connectivity index (χ0) is 35.6. The normalized spacial score (nSPS) is 13.9. The molecule has 50 heavy (non-hydrogen) atoms. The van der Waals surface area contributed by atoms with Crippen LogP contribution in [0.15, 0.2) is 64.0 Å². The molecule has 0 amide bonds. The Bertz CT molecular complexity index is 2130. The summed E-state index contributed by atoms with van der Waals surface area (Å²) in [4.78, 5) is 29.6. The molecule has 262 valence electrons. The second kappa shape index (κ2) is 14.5. The summed E-state index contributed by atoms with van der Waals surface area (Å²) in [6, 6.07) is 12.2. The summed E-state index contributed by atoms with van der Waals surface area (Å²) in [5, 5.41) is 12.9. The molecule has 0 spiro atoms. The Morgan fingerprint density at radius 3 is 2.46 bits per heavy atom. The number of aromatic carboxylic acids is 1. The molecular formula is C36H40N6O7S. The molecule has 0 bridgehead atoms. The van der Waals surface area contributed by atoms with E-state index in [0.29, 0.717) is 30.5 Å². The molecule has 14 heteroatoms. The van der Waals surface area contributed by atoms with Crippen LogP contribution in [0.4, 0.5) is 5.95 Å². The molecule has 13 nitrogen and oxygen atoms in total. The Labute approximate surface area is 290 Å². The lowest BCUT2D eigenvalue weighted by atomic mass is 10.00. The molecule has 3 aromatic heterocycles. The minimum atomic E-state index is -4.26. The van der Waals surface area contributed by atoms with Gasteiger partial charge in [0.25, 0.3) is 10.0 Å². The Hall–Kier alpha value is -4.92. The smallest absolute Gasteiger partial charge is 0.335 e. The van der Waals surface area contributed by atoms with Gasteiger partial charge in [0.2, 0.25) is 17.5 Å². The van der Waals surface area contributed by atoms with Crippen LogP contribution in [-0.2, 0) is 21.3 Å². The van der Waals surface area contributed by atoms with Crippen molar-refractivity contribution in [2.75, 3.05) is 17.9 Å². The van der Waals surface area contributed by atoms with Crippen molar-refractivity contribution in [2.45, 2.75) is 77.0 Å². The molecule has 2 aromatic carbocycles. The number of aryl methyl sites for hydroxylation is 3. The highest BCUT2D eigenvalue weighted by Crippen LogP contribution is 2.45. The topological polar surface area (TPSA) is 179 Å². The Kier molecular flexibility index (Phi) is 10.1. The van der Waals surface area contributed by atoms with Crippen LogP contribution in [0.5, 0.6) is 5.88 Å². The number of nitrogens with one attached hydrogen (secondary N) is 2. The minimum absolute atomic E-state index is 0.0271. The minimum Gasteiger partial charge on any atom is -0.478 e. The molecule has 3 heterocycles. The molecule has 1 fully saturated rings. The average molecular weight is 701 g/mol. The van der Waals surface area contributed by atoms with Crippen molar-refractivity contribution in [3.63, 3.8) is 0 Å². The lowest BCUT2D eigenvalue weighted by molar-refractivity contribution is 0.0491. The van der Waals surface area contributed by atoms with Gasteiger partial charge in [-0.05, 0) is 82.7 Å². The third kappa shape index (κ3) is 8.09. The first-order valence-corrected chi connectivity index (χ1v) is 17.9. The molecule has 1 unspecified atom stereocenters. The number of carboxylic acid groups (broad SMARTS) is 1. The van der Waals surface area contributed by atoms with Crippen molar-refractivity contribution in [2.24, 2.45) is 0 Å². The highest BCUT2D eigenvalue weighted by atomic mass is 32.2. The maximum Gasteiger partial charge on any atom is 0.335 e. The number of ether oxygens (including phenoxy) is 2. The lowest BCUT2D eigenvalue weighted by Crippen LogP contribution is -2.39. The summed E-state index contributed by atoms with van der Waals surface area (Å²) in [7, 11) is -4.26. The Morgan fingerprint density at radius 1 is 1.02 bits per heavy atom. The van der Waals surface area contributed by atoms with Crippen LogP contribution < -0.4 is 14.8 Å². The number of sulfonamides is 1. The number of benzene rings is 2. The van der Waals surface area contributed by atoms with Crippen molar-refractivity contribution < 1.29 is 32.2 Å². The largest absolute Gasteiger partial charge is 0.478 e.